The Bertz CT molecular complexity index is 638. The lowest BCUT2D eigenvalue weighted by molar-refractivity contribution is -0.0584. The highest BCUT2D eigenvalue weighted by Crippen LogP contribution is 2.10. The Hall–Kier alpha value is -1.80. The smallest absolute Gasteiger partial charge is 0.128 e. The van der Waals surface area contributed by atoms with Gasteiger partial charge in [-0.15, -0.1) is 0 Å². The first-order valence-corrected chi connectivity index (χ1v) is 8.51. The summed E-state index contributed by atoms with van der Waals surface area (Å²) in [6, 6.07) is 8.39. The largest absolute Gasteiger partial charge is 0.389 e. The van der Waals surface area contributed by atoms with Crippen molar-refractivity contribution in [2.45, 2.75) is 25.4 Å². The summed E-state index contributed by atoms with van der Waals surface area (Å²) in [5, 5.41) is 14.4. The van der Waals surface area contributed by atoms with E-state index in [1.807, 2.05) is 16.9 Å². The molecule has 2 heterocycles. The number of aromatic nitrogens is 2. The SMILES string of the molecule is O[C@@H](COCc1ccccc1F)CN1CCO[C@H](Cn2cccn2)C1. The summed E-state index contributed by atoms with van der Waals surface area (Å²) < 4.78 is 26.6. The van der Waals surface area contributed by atoms with Gasteiger partial charge in [0.25, 0.3) is 0 Å². The molecule has 1 fully saturated rings. The van der Waals surface area contributed by atoms with Crippen LogP contribution in [0.5, 0.6) is 0 Å². The molecule has 0 radical (unpaired) electrons. The van der Waals surface area contributed by atoms with E-state index < -0.39 is 6.10 Å². The van der Waals surface area contributed by atoms with Gasteiger partial charge in [0.05, 0.1) is 38.6 Å². The molecule has 3 rings (SSSR count). The molecule has 0 spiro atoms. The molecule has 6 nitrogen and oxygen atoms in total. The number of β-amino-alcohol motifs (C(OH)–C–C–N with tert-alkyl or cyclic N) is 1. The minimum atomic E-state index is -0.616. The quantitative estimate of drug-likeness (QED) is 0.778. The molecule has 0 aliphatic carbocycles. The van der Waals surface area contributed by atoms with Gasteiger partial charge in [-0.1, -0.05) is 18.2 Å². The third kappa shape index (κ3) is 5.61. The summed E-state index contributed by atoms with van der Waals surface area (Å²) in [7, 11) is 0. The fraction of sp³-hybridized carbons (Fsp3) is 0.500. The number of rotatable bonds is 8. The summed E-state index contributed by atoms with van der Waals surface area (Å²) in [5.74, 6) is -0.286. The Morgan fingerprint density at radius 1 is 1.36 bits per heavy atom. The third-order valence-electron chi connectivity index (χ3n) is 4.17. The minimum absolute atomic E-state index is 0.0557. The van der Waals surface area contributed by atoms with E-state index in [9.17, 15) is 9.50 Å². The number of hydrogen-bond acceptors (Lipinski definition) is 5. The average Bonchev–Trinajstić information content (AvgIpc) is 3.10. The van der Waals surface area contributed by atoms with E-state index in [2.05, 4.69) is 10.00 Å². The van der Waals surface area contributed by atoms with Crippen molar-refractivity contribution in [1.82, 2.24) is 14.7 Å². The van der Waals surface area contributed by atoms with Crippen molar-refractivity contribution >= 4 is 0 Å². The molecule has 7 heteroatoms. The molecule has 0 unspecified atom stereocenters. The lowest BCUT2D eigenvalue weighted by atomic mass is 10.2. The molecular weight excluding hydrogens is 325 g/mol. The highest BCUT2D eigenvalue weighted by molar-refractivity contribution is 5.16. The summed E-state index contributed by atoms with van der Waals surface area (Å²) in [6.45, 7) is 3.70. The van der Waals surface area contributed by atoms with E-state index in [4.69, 9.17) is 9.47 Å². The van der Waals surface area contributed by atoms with Crippen molar-refractivity contribution in [2.24, 2.45) is 0 Å². The molecule has 0 amide bonds. The van der Waals surface area contributed by atoms with Gasteiger partial charge in [0.1, 0.15) is 5.82 Å². The van der Waals surface area contributed by atoms with E-state index in [0.29, 0.717) is 25.3 Å². The summed E-state index contributed by atoms with van der Waals surface area (Å²) in [4.78, 5) is 2.16. The zero-order valence-corrected chi connectivity index (χ0v) is 14.1. The number of aliphatic hydroxyl groups is 1. The van der Waals surface area contributed by atoms with Crippen LogP contribution in [0.15, 0.2) is 42.7 Å². The van der Waals surface area contributed by atoms with Crippen LogP contribution in [-0.2, 0) is 22.6 Å². The number of nitrogens with zero attached hydrogens (tertiary/aromatic N) is 3. The Morgan fingerprint density at radius 2 is 2.24 bits per heavy atom. The van der Waals surface area contributed by atoms with Crippen LogP contribution in [0.25, 0.3) is 0 Å². The van der Waals surface area contributed by atoms with Crippen LogP contribution in [0, 0.1) is 5.82 Å². The van der Waals surface area contributed by atoms with Crippen molar-refractivity contribution in [1.29, 1.82) is 0 Å². The average molecular weight is 349 g/mol. The van der Waals surface area contributed by atoms with E-state index in [0.717, 1.165) is 13.1 Å². The van der Waals surface area contributed by atoms with Crippen LogP contribution in [-0.4, -0.2) is 64.8 Å². The van der Waals surface area contributed by atoms with Gasteiger partial charge in [0, 0.05) is 37.6 Å². The maximum atomic E-state index is 13.5. The minimum Gasteiger partial charge on any atom is -0.389 e. The predicted octanol–water partition coefficient (Wildman–Crippen LogP) is 1.30. The van der Waals surface area contributed by atoms with Gasteiger partial charge in [0.15, 0.2) is 0 Å². The normalized spacial score (nSPS) is 19.8. The highest BCUT2D eigenvalue weighted by atomic mass is 19.1. The topological polar surface area (TPSA) is 59.8 Å². The standard InChI is InChI=1S/C18H24FN3O3/c19-18-5-2-1-4-15(18)13-24-14-16(23)10-21-8-9-25-17(11-21)12-22-7-3-6-20-22/h1-7,16-17,23H,8-14H2/t16-,17+/m1/s1. The molecule has 25 heavy (non-hydrogen) atoms. The highest BCUT2D eigenvalue weighted by Gasteiger charge is 2.22. The number of benzene rings is 1. The maximum Gasteiger partial charge on any atom is 0.128 e. The van der Waals surface area contributed by atoms with Gasteiger partial charge in [-0.2, -0.15) is 5.10 Å². The van der Waals surface area contributed by atoms with Crippen LogP contribution in [0.2, 0.25) is 0 Å². The fourth-order valence-electron chi connectivity index (χ4n) is 2.94. The third-order valence-corrected chi connectivity index (χ3v) is 4.17. The number of halogens is 1. The summed E-state index contributed by atoms with van der Waals surface area (Å²) in [5.41, 5.74) is 0.500. The van der Waals surface area contributed by atoms with Crippen molar-refractivity contribution < 1.29 is 19.0 Å². The van der Waals surface area contributed by atoms with Crippen molar-refractivity contribution in [3.05, 3.63) is 54.1 Å². The van der Waals surface area contributed by atoms with Crippen LogP contribution in [0.4, 0.5) is 4.39 Å². The molecule has 2 aromatic rings. The first kappa shape index (κ1) is 18.0. The van der Waals surface area contributed by atoms with Crippen molar-refractivity contribution in [2.75, 3.05) is 32.8 Å². The molecule has 136 valence electrons. The first-order chi connectivity index (χ1) is 12.2. The fourth-order valence-corrected chi connectivity index (χ4v) is 2.94. The maximum absolute atomic E-state index is 13.5. The van der Waals surface area contributed by atoms with E-state index in [1.54, 1.807) is 24.4 Å². The number of ether oxygens (including phenoxy) is 2. The Morgan fingerprint density at radius 3 is 3.04 bits per heavy atom. The molecule has 0 bridgehead atoms. The van der Waals surface area contributed by atoms with Crippen molar-refractivity contribution in [3.63, 3.8) is 0 Å². The van der Waals surface area contributed by atoms with Gasteiger partial charge in [-0.25, -0.2) is 4.39 Å². The molecule has 1 aliphatic rings. The van der Waals surface area contributed by atoms with E-state index >= 15 is 0 Å². The second kappa shape index (κ2) is 9.05. The van der Waals surface area contributed by atoms with Gasteiger partial charge < -0.3 is 14.6 Å². The number of morpholine rings is 1. The van der Waals surface area contributed by atoms with Crippen LogP contribution in [0.3, 0.4) is 0 Å². The molecule has 1 aliphatic heterocycles. The molecule has 1 aromatic carbocycles. The second-order valence-corrected chi connectivity index (χ2v) is 6.24. The van der Waals surface area contributed by atoms with Gasteiger partial charge >= 0.3 is 0 Å². The molecule has 0 saturated carbocycles. The van der Waals surface area contributed by atoms with Gasteiger partial charge in [-0.05, 0) is 12.1 Å². The van der Waals surface area contributed by atoms with Crippen LogP contribution < -0.4 is 0 Å². The Labute approximate surface area is 146 Å². The first-order valence-electron chi connectivity index (χ1n) is 8.51. The van der Waals surface area contributed by atoms with Gasteiger partial charge in [-0.3, -0.25) is 9.58 Å². The number of hydrogen-bond donors (Lipinski definition) is 1. The molecule has 1 aromatic heterocycles. The van der Waals surface area contributed by atoms with E-state index in [1.165, 1.54) is 6.07 Å². The molecule has 1 saturated heterocycles. The summed E-state index contributed by atoms with van der Waals surface area (Å²) >= 11 is 0. The second-order valence-electron chi connectivity index (χ2n) is 6.24. The monoisotopic (exact) mass is 349 g/mol. The predicted molar refractivity (Wildman–Crippen MR) is 90.5 cm³/mol. The lowest BCUT2D eigenvalue weighted by Gasteiger charge is -2.34. The van der Waals surface area contributed by atoms with Crippen LogP contribution in [0.1, 0.15) is 5.56 Å². The number of aliphatic hydroxyl groups excluding tert-OH is 1. The molecular formula is C18H24FN3O3. The zero-order valence-electron chi connectivity index (χ0n) is 14.1. The van der Waals surface area contributed by atoms with E-state index in [-0.39, 0.29) is 25.1 Å². The zero-order chi connectivity index (χ0) is 17.5. The van der Waals surface area contributed by atoms with Crippen molar-refractivity contribution in [3.8, 4) is 0 Å². The molecule has 1 N–H and O–H groups in total. The van der Waals surface area contributed by atoms with Gasteiger partial charge in [0.2, 0.25) is 0 Å². The summed E-state index contributed by atoms with van der Waals surface area (Å²) in [6.07, 6.45) is 3.10. The Balaban J connectivity index is 1.38. The van der Waals surface area contributed by atoms with Crippen LogP contribution >= 0.6 is 0 Å². The molecule has 2 atom stereocenters. The Kier molecular flexibility index (Phi) is 6.52. The lowest BCUT2D eigenvalue weighted by Crippen LogP contribution is -2.47.